The predicted molar refractivity (Wildman–Crippen MR) is 90.3 cm³/mol. The summed E-state index contributed by atoms with van der Waals surface area (Å²) in [6.07, 6.45) is 2.14. The van der Waals surface area contributed by atoms with Gasteiger partial charge < -0.3 is 10.2 Å². The van der Waals surface area contributed by atoms with Gasteiger partial charge in [-0.15, -0.1) is 10.2 Å². The second-order valence-corrected chi connectivity index (χ2v) is 7.24. The van der Waals surface area contributed by atoms with E-state index < -0.39 is 0 Å². The van der Waals surface area contributed by atoms with Crippen LogP contribution in [0.2, 0.25) is 0 Å². The summed E-state index contributed by atoms with van der Waals surface area (Å²) < 4.78 is 0.851. The highest BCUT2D eigenvalue weighted by atomic mass is 32.2. The van der Waals surface area contributed by atoms with Crippen LogP contribution >= 0.6 is 23.1 Å². The third-order valence-electron chi connectivity index (χ3n) is 3.58. The number of anilines is 1. The number of amides is 1. The van der Waals surface area contributed by atoms with Crippen LogP contribution in [0.25, 0.3) is 0 Å². The van der Waals surface area contributed by atoms with Gasteiger partial charge >= 0.3 is 0 Å². The zero-order valence-corrected chi connectivity index (χ0v) is 13.8. The van der Waals surface area contributed by atoms with Crippen molar-refractivity contribution < 1.29 is 4.79 Å². The zero-order chi connectivity index (χ0) is 15.2. The van der Waals surface area contributed by atoms with E-state index in [9.17, 15) is 4.79 Å². The molecule has 1 saturated heterocycles. The lowest BCUT2D eigenvalue weighted by Gasteiger charge is -2.33. The van der Waals surface area contributed by atoms with E-state index in [1.54, 1.807) is 5.51 Å². The number of carbonyl (C=O) groups is 1. The van der Waals surface area contributed by atoms with Gasteiger partial charge in [0.2, 0.25) is 5.91 Å². The molecule has 1 aromatic carbocycles. The van der Waals surface area contributed by atoms with Crippen molar-refractivity contribution in [3.63, 3.8) is 0 Å². The maximum Gasteiger partial charge on any atom is 0.233 e. The number of carbonyl (C=O) groups excluding carboxylic acids is 1. The number of thioether (sulfide) groups is 1. The summed E-state index contributed by atoms with van der Waals surface area (Å²) in [6, 6.07) is 10.5. The molecule has 1 aliphatic heterocycles. The Bertz CT molecular complexity index is 591. The third-order valence-corrected chi connectivity index (χ3v) is 5.42. The molecule has 0 saturated carbocycles. The minimum Gasteiger partial charge on any atom is -0.381 e. The lowest BCUT2D eigenvalue weighted by atomic mass is 10.1. The smallest absolute Gasteiger partial charge is 0.233 e. The number of nitrogens with one attached hydrogen (secondary N) is 1. The number of rotatable bonds is 5. The third kappa shape index (κ3) is 4.20. The molecule has 1 aromatic heterocycles. The molecular weight excluding hydrogens is 316 g/mol. The van der Waals surface area contributed by atoms with Crippen molar-refractivity contribution in [3.8, 4) is 0 Å². The molecule has 1 atom stereocenters. The standard InChI is InChI=1S/C15H18N4OS2/c20-14(10-21-15-18-16-11-22-15)19-8-4-7-13(9-19)17-12-5-2-1-3-6-12/h1-3,5-6,11,13,17H,4,7-10H2. The quantitative estimate of drug-likeness (QED) is 0.852. The van der Waals surface area contributed by atoms with Gasteiger partial charge in [-0.25, -0.2) is 0 Å². The highest BCUT2D eigenvalue weighted by Gasteiger charge is 2.23. The molecule has 22 heavy (non-hydrogen) atoms. The summed E-state index contributed by atoms with van der Waals surface area (Å²) in [5.74, 6) is 0.618. The van der Waals surface area contributed by atoms with E-state index in [0.29, 0.717) is 11.8 Å². The van der Waals surface area contributed by atoms with Crippen molar-refractivity contribution >= 4 is 34.7 Å². The van der Waals surface area contributed by atoms with E-state index in [1.807, 2.05) is 23.1 Å². The first-order valence-corrected chi connectivity index (χ1v) is 9.16. The molecule has 1 N–H and O–H groups in total. The first-order chi connectivity index (χ1) is 10.8. The van der Waals surface area contributed by atoms with Gasteiger partial charge in [-0.3, -0.25) is 4.79 Å². The number of para-hydroxylation sites is 1. The van der Waals surface area contributed by atoms with Crippen molar-refractivity contribution in [2.24, 2.45) is 0 Å². The number of nitrogens with zero attached hydrogens (tertiary/aromatic N) is 3. The molecule has 1 fully saturated rings. The summed E-state index contributed by atoms with van der Waals surface area (Å²) in [7, 11) is 0. The average Bonchev–Trinajstić information content (AvgIpc) is 3.07. The van der Waals surface area contributed by atoms with Crippen LogP contribution in [0.15, 0.2) is 40.2 Å². The predicted octanol–water partition coefficient (Wildman–Crippen LogP) is 2.73. The maximum absolute atomic E-state index is 12.3. The van der Waals surface area contributed by atoms with Crippen LogP contribution in [-0.4, -0.2) is 45.9 Å². The second kappa shape index (κ2) is 7.60. The number of hydrogen-bond acceptors (Lipinski definition) is 6. The summed E-state index contributed by atoms with van der Waals surface area (Å²) in [5, 5.41) is 11.3. The second-order valence-electron chi connectivity index (χ2n) is 5.18. The van der Waals surface area contributed by atoms with E-state index in [2.05, 4.69) is 27.6 Å². The molecule has 0 bridgehead atoms. The molecular formula is C15H18N4OS2. The fourth-order valence-electron chi connectivity index (χ4n) is 2.53. The monoisotopic (exact) mass is 334 g/mol. The van der Waals surface area contributed by atoms with Crippen molar-refractivity contribution in [3.05, 3.63) is 35.8 Å². The summed E-state index contributed by atoms with van der Waals surface area (Å²) in [5.41, 5.74) is 2.80. The molecule has 3 rings (SSSR count). The van der Waals surface area contributed by atoms with E-state index in [1.165, 1.54) is 23.1 Å². The summed E-state index contributed by atoms with van der Waals surface area (Å²) in [6.45, 7) is 1.62. The molecule has 7 heteroatoms. The summed E-state index contributed by atoms with van der Waals surface area (Å²) in [4.78, 5) is 14.3. The van der Waals surface area contributed by atoms with Gasteiger partial charge in [-0.2, -0.15) is 0 Å². The fraction of sp³-hybridized carbons (Fsp3) is 0.400. The van der Waals surface area contributed by atoms with Gasteiger partial charge in [0, 0.05) is 24.8 Å². The van der Waals surface area contributed by atoms with Crippen molar-refractivity contribution in [1.82, 2.24) is 15.1 Å². The lowest BCUT2D eigenvalue weighted by Crippen LogP contribution is -2.45. The fourth-order valence-corrected chi connectivity index (χ4v) is 3.92. The normalized spacial score (nSPS) is 18.2. The largest absolute Gasteiger partial charge is 0.381 e. The topological polar surface area (TPSA) is 58.1 Å². The highest BCUT2D eigenvalue weighted by molar-refractivity contribution is 8.01. The van der Waals surface area contributed by atoms with E-state index in [4.69, 9.17) is 0 Å². The molecule has 1 aliphatic rings. The Labute approximate surface area is 138 Å². The van der Waals surface area contributed by atoms with Crippen molar-refractivity contribution in [2.75, 3.05) is 24.2 Å². The van der Waals surface area contributed by atoms with Crippen LogP contribution in [0.5, 0.6) is 0 Å². The van der Waals surface area contributed by atoms with Crippen LogP contribution < -0.4 is 5.32 Å². The minimum atomic E-state index is 0.180. The lowest BCUT2D eigenvalue weighted by molar-refractivity contribution is -0.129. The zero-order valence-electron chi connectivity index (χ0n) is 12.1. The molecule has 0 spiro atoms. The number of benzene rings is 1. The highest BCUT2D eigenvalue weighted by Crippen LogP contribution is 2.21. The van der Waals surface area contributed by atoms with Gasteiger partial charge in [0.05, 0.1) is 5.75 Å². The average molecular weight is 334 g/mol. The van der Waals surface area contributed by atoms with Crippen LogP contribution in [-0.2, 0) is 4.79 Å². The van der Waals surface area contributed by atoms with Gasteiger partial charge in [0.1, 0.15) is 5.51 Å². The Morgan fingerprint density at radius 3 is 3.05 bits per heavy atom. The van der Waals surface area contributed by atoms with Crippen LogP contribution in [0.1, 0.15) is 12.8 Å². The van der Waals surface area contributed by atoms with Gasteiger partial charge in [0.15, 0.2) is 4.34 Å². The Kier molecular flexibility index (Phi) is 5.29. The van der Waals surface area contributed by atoms with Crippen LogP contribution in [0, 0.1) is 0 Å². The molecule has 0 aliphatic carbocycles. The van der Waals surface area contributed by atoms with Crippen LogP contribution in [0.4, 0.5) is 5.69 Å². The minimum absolute atomic E-state index is 0.180. The molecule has 116 valence electrons. The van der Waals surface area contributed by atoms with Crippen molar-refractivity contribution in [1.29, 1.82) is 0 Å². The molecule has 2 heterocycles. The number of likely N-dealkylation sites (tertiary alicyclic amines) is 1. The van der Waals surface area contributed by atoms with Crippen molar-refractivity contribution in [2.45, 2.75) is 23.2 Å². The maximum atomic E-state index is 12.3. The first-order valence-electron chi connectivity index (χ1n) is 7.29. The van der Waals surface area contributed by atoms with E-state index >= 15 is 0 Å². The van der Waals surface area contributed by atoms with E-state index in [-0.39, 0.29) is 5.91 Å². The van der Waals surface area contributed by atoms with E-state index in [0.717, 1.165) is 36.0 Å². The number of hydrogen-bond donors (Lipinski definition) is 1. The Balaban J connectivity index is 1.50. The Morgan fingerprint density at radius 2 is 2.27 bits per heavy atom. The SMILES string of the molecule is O=C(CSc1nncs1)N1CCCC(Nc2ccccc2)C1. The number of aromatic nitrogens is 2. The number of piperidine rings is 1. The Morgan fingerprint density at radius 1 is 1.41 bits per heavy atom. The Hall–Kier alpha value is -1.60. The molecule has 5 nitrogen and oxygen atoms in total. The molecule has 1 unspecified atom stereocenters. The first kappa shape index (κ1) is 15.3. The van der Waals surface area contributed by atoms with Gasteiger partial charge in [-0.1, -0.05) is 41.3 Å². The van der Waals surface area contributed by atoms with Gasteiger partial charge in [-0.05, 0) is 25.0 Å². The van der Waals surface area contributed by atoms with Gasteiger partial charge in [0.25, 0.3) is 0 Å². The molecule has 1 amide bonds. The molecule has 0 radical (unpaired) electrons. The van der Waals surface area contributed by atoms with Crippen LogP contribution in [0.3, 0.4) is 0 Å². The molecule has 2 aromatic rings. The summed E-state index contributed by atoms with van der Waals surface area (Å²) >= 11 is 2.94.